The molecule has 0 unspecified atom stereocenters. The fourth-order valence-corrected chi connectivity index (χ4v) is 6.04. The maximum Gasteiger partial charge on any atom is 0.0657 e. The number of allylic oxidation sites excluding steroid dienone is 26. The molecule has 2 N–H and O–H groups in total. The van der Waals surface area contributed by atoms with Gasteiger partial charge in [0.15, 0.2) is 0 Å². The van der Waals surface area contributed by atoms with Crippen LogP contribution in [0, 0.1) is 23.2 Å². The minimum Gasteiger partial charge on any atom is -0.392 e. The van der Waals surface area contributed by atoms with Gasteiger partial charge in [-0.25, -0.2) is 0 Å². The molecule has 284 valence electrons. The van der Waals surface area contributed by atoms with Gasteiger partial charge in [0.1, 0.15) is 0 Å². The van der Waals surface area contributed by atoms with Crippen molar-refractivity contribution in [1.29, 1.82) is 0 Å². The van der Waals surface area contributed by atoms with Crippen LogP contribution in [0.4, 0.5) is 0 Å². The van der Waals surface area contributed by atoms with Crippen LogP contribution in [0.1, 0.15) is 109 Å². The fourth-order valence-electron chi connectivity index (χ4n) is 6.04. The Morgan fingerprint density at radius 3 is 1.65 bits per heavy atom. The number of hydrogen-bond acceptors (Lipinski definition) is 2. The molecule has 0 aromatic carbocycles. The second-order valence-electron chi connectivity index (χ2n) is 16.1. The SMILES string of the molecule is CC(C)=CC[C@@H](/C=C/C(C)=C/C=C/C(C)=C/C=C/C(C)=C/C=C/C=C(C)/C=C/C=C(C)/C=C/[C@@H]1C(C)=CC[C@H](C/C=C(\C)CO)C1(C)C)C(C)(C)O. The molecule has 2 nitrogen and oxygen atoms in total. The van der Waals surface area contributed by atoms with Gasteiger partial charge in [-0.05, 0) is 107 Å². The van der Waals surface area contributed by atoms with Crippen molar-refractivity contribution in [2.24, 2.45) is 23.2 Å². The molecule has 1 aliphatic rings. The van der Waals surface area contributed by atoms with E-state index < -0.39 is 5.60 Å². The van der Waals surface area contributed by atoms with Gasteiger partial charge in [0, 0.05) is 11.8 Å². The standard InChI is InChI=1S/C50H72O2/c1-38(2)27-32-47(50(12,13)52)34-28-42(6)25-18-24-41(5)23-16-21-39(3)19-14-15-20-40(4)22-17-26-43(7)30-36-48-45(9)31-35-46(49(48,10)11)33-29-44(8)37-51/h14-31,34,36,46-48,51-52H,32-33,35,37H2,1-13H3/b15-14+,21-16+,22-17+,24-18+,34-28+,36-30+,39-19+,40-20+,41-23+,42-25+,43-26+,44-29+/t46-,47-,48+/m0/s1. The number of aliphatic hydroxyl groups excluding tert-OH is 1. The van der Waals surface area contributed by atoms with Crippen LogP contribution in [-0.4, -0.2) is 22.4 Å². The van der Waals surface area contributed by atoms with E-state index in [1.54, 1.807) is 0 Å². The van der Waals surface area contributed by atoms with E-state index in [0.29, 0.717) is 11.8 Å². The lowest BCUT2D eigenvalue weighted by Crippen LogP contribution is -2.35. The van der Waals surface area contributed by atoms with E-state index in [-0.39, 0.29) is 17.9 Å². The average Bonchev–Trinajstić information content (AvgIpc) is 3.05. The minimum absolute atomic E-state index is 0.0722. The van der Waals surface area contributed by atoms with Crippen molar-refractivity contribution in [3.05, 3.63) is 166 Å². The molecule has 0 heterocycles. The molecule has 1 rings (SSSR count). The van der Waals surface area contributed by atoms with E-state index in [9.17, 15) is 10.2 Å². The Bertz CT molecular complexity index is 1560. The molecule has 0 spiro atoms. The molecular formula is C50H72O2. The smallest absolute Gasteiger partial charge is 0.0657 e. The Balaban J connectivity index is 2.72. The summed E-state index contributed by atoms with van der Waals surface area (Å²) in [7, 11) is 0. The van der Waals surface area contributed by atoms with Crippen LogP contribution in [0.3, 0.4) is 0 Å². The molecule has 3 atom stereocenters. The second kappa shape index (κ2) is 23.8. The van der Waals surface area contributed by atoms with Crippen LogP contribution in [0.5, 0.6) is 0 Å². The van der Waals surface area contributed by atoms with Crippen LogP contribution in [0.25, 0.3) is 0 Å². The van der Waals surface area contributed by atoms with Gasteiger partial charge in [0.05, 0.1) is 12.2 Å². The summed E-state index contributed by atoms with van der Waals surface area (Å²) in [6.45, 7) is 27.7. The Hall–Kier alpha value is -3.72. The maximum absolute atomic E-state index is 10.5. The summed E-state index contributed by atoms with van der Waals surface area (Å²) in [4.78, 5) is 0. The third-order valence-corrected chi connectivity index (χ3v) is 9.88. The molecular weight excluding hydrogens is 633 g/mol. The van der Waals surface area contributed by atoms with Crippen molar-refractivity contribution >= 4 is 0 Å². The first-order valence-corrected chi connectivity index (χ1v) is 19.1. The predicted octanol–water partition coefficient (Wildman–Crippen LogP) is 13.7. The van der Waals surface area contributed by atoms with E-state index in [4.69, 9.17) is 0 Å². The zero-order chi connectivity index (χ0) is 39.3. The Kier molecular flexibility index (Phi) is 21.2. The summed E-state index contributed by atoms with van der Waals surface area (Å²) < 4.78 is 0. The third-order valence-electron chi connectivity index (χ3n) is 9.88. The quantitative estimate of drug-likeness (QED) is 0.110. The number of hydrogen-bond donors (Lipinski definition) is 2. The van der Waals surface area contributed by atoms with Crippen LogP contribution < -0.4 is 0 Å². The van der Waals surface area contributed by atoms with Gasteiger partial charge in [-0.3, -0.25) is 0 Å². The first-order chi connectivity index (χ1) is 24.4. The first kappa shape index (κ1) is 46.3. The van der Waals surface area contributed by atoms with Gasteiger partial charge in [-0.1, -0.05) is 180 Å². The molecule has 0 aromatic rings. The molecule has 2 heteroatoms. The Morgan fingerprint density at radius 1 is 0.731 bits per heavy atom. The second-order valence-corrected chi connectivity index (χ2v) is 16.1. The molecule has 0 aromatic heterocycles. The molecule has 52 heavy (non-hydrogen) atoms. The topological polar surface area (TPSA) is 40.5 Å². The maximum atomic E-state index is 10.5. The van der Waals surface area contributed by atoms with Gasteiger partial charge in [0.25, 0.3) is 0 Å². The minimum atomic E-state index is -0.759. The predicted molar refractivity (Wildman–Crippen MR) is 232 cm³/mol. The summed E-state index contributed by atoms with van der Waals surface area (Å²) in [5.74, 6) is 1.04. The van der Waals surface area contributed by atoms with Crippen molar-refractivity contribution in [3.8, 4) is 0 Å². The van der Waals surface area contributed by atoms with Crippen molar-refractivity contribution in [3.63, 3.8) is 0 Å². The summed E-state index contributed by atoms with van der Waals surface area (Å²) in [6, 6.07) is 0. The molecule has 1 aliphatic carbocycles. The highest BCUT2D eigenvalue weighted by Gasteiger charge is 2.38. The molecule has 0 saturated heterocycles. The molecule has 0 radical (unpaired) electrons. The summed E-state index contributed by atoms with van der Waals surface area (Å²) in [6.07, 6.45) is 46.1. The summed E-state index contributed by atoms with van der Waals surface area (Å²) >= 11 is 0. The van der Waals surface area contributed by atoms with E-state index >= 15 is 0 Å². The first-order valence-electron chi connectivity index (χ1n) is 19.1. The highest BCUT2D eigenvalue weighted by Crippen LogP contribution is 2.47. The Labute approximate surface area is 320 Å². The number of aliphatic hydroxyl groups is 2. The van der Waals surface area contributed by atoms with Crippen LogP contribution in [0.2, 0.25) is 0 Å². The van der Waals surface area contributed by atoms with Crippen molar-refractivity contribution < 1.29 is 10.2 Å². The molecule has 0 aliphatic heterocycles. The van der Waals surface area contributed by atoms with Crippen molar-refractivity contribution in [2.75, 3.05) is 6.61 Å². The van der Waals surface area contributed by atoms with E-state index in [0.717, 1.165) is 30.4 Å². The van der Waals surface area contributed by atoms with Crippen LogP contribution in [-0.2, 0) is 0 Å². The zero-order valence-corrected chi connectivity index (χ0v) is 35.0. The van der Waals surface area contributed by atoms with E-state index in [1.165, 1.54) is 33.4 Å². The fraction of sp³-hybridized carbons (Fsp3) is 0.440. The van der Waals surface area contributed by atoms with Gasteiger partial charge in [0.2, 0.25) is 0 Å². The lowest BCUT2D eigenvalue weighted by atomic mass is 9.61. The lowest BCUT2D eigenvalue weighted by Gasteiger charge is -2.43. The number of rotatable bonds is 18. The van der Waals surface area contributed by atoms with Gasteiger partial charge >= 0.3 is 0 Å². The summed E-state index contributed by atoms with van der Waals surface area (Å²) in [5, 5.41) is 19.9. The monoisotopic (exact) mass is 705 g/mol. The molecule has 0 bridgehead atoms. The zero-order valence-electron chi connectivity index (χ0n) is 35.0. The molecule has 0 fully saturated rings. The Morgan fingerprint density at radius 2 is 1.19 bits per heavy atom. The van der Waals surface area contributed by atoms with Crippen molar-refractivity contribution in [2.45, 2.75) is 115 Å². The van der Waals surface area contributed by atoms with Gasteiger partial charge in [-0.2, -0.15) is 0 Å². The highest BCUT2D eigenvalue weighted by molar-refractivity contribution is 5.33. The highest BCUT2D eigenvalue weighted by atomic mass is 16.3. The molecule has 0 saturated carbocycles. The molecule has 0 amide bonds. The van der Waals surface area contributed by atoms with Gasteiger partial charge < -0.3 is 10.2 Å². The summed E-state index contributed by atoms with van der Waals surface area (Å²) in [5.41, 5.74) is 9.10. The van der Waals surface area contributed by atoms with Crippen LogP contribution >= 0.6 is 0 Å². The third kappa shape index (κ3) is 19.2. The van der Waals surface area contributed by atoms with Crippen LogP contribution in [0.15, 0.2) is 166 Å². The van der Waals surface area contributed by atoms with Gasteiger partial charge in [-0.15, -0.1) is 0 Å². The lowest BCUT2D eigenvalue weighted by molar-refractivity contribution is 0.0380. The van der Waals surface area contributed by atoms with Crippen molar-refractivity contribution in [1.82, 2.24) is 0 Å². The largest absolute Gasteiger partial charge is 0.392 e. The van der Waals surface area contributed by atoms with E-state index in [2.05, 4.69) is 191 Å². The average molecular weight is 705 g/mol. The normalized spacial score (nSPS) is 21.2. The van der Waals surface area contributed by atoms with E-state index in [1.807, 2.05) is 20.8 Å².